The van der Waals surface area contributed by atoms with Crippen LogP contribution in [0.2, 0.25) is 0 Å². The molecule has 1 aromatic rings. The van der Waals surface area contributed by atoms with E-state index in [2.05, 4.69) is 30.6 Å². The molecule has 0 radical (unpaired) electrons. The van der Waals surface area contributed by atoms with Crippen molar-refractivity contribution in [2.75, 3.05) is 0 Å². The van der Waals surface area contributed by atoms with Gasteiger partial charge in [-0.25, -0.2) is 0 Å². The molecule has 0 N–H and O–H groups in total. The topological polar surface area (TPSA) is 12.9 Å². The predicted octanol–water partition coefficient (Wildman–Crippen LogP) is 2.38. The molecule has 1 atom stereocenters. The first-order valence-corrected chi connectivity index (χ1v) is 3.82. The number of aryl methyl sites for hydroxylation is 1. The average molecular weight is 153 g/mol. The van der Waals surface area contributed by atoms with E-state index < -0.39 is 0 Å². The van der Waals surface area contributed by atoms with Gasteiger partial charge in [0.15, 0.2) is 0 Å². The number of thiol groups is 1. The van der Waals surface area contributed by atoms with Gasteiger partial charge in [-0.3, -0.25) is 4.98 Å². The molecule has 1 aromatic heterocycles. The molecule has 2 heteroatoms. The third-order valence-electron chi connectivity index (χ3n) is 1.40. The Hall–Kier alpha value is -0.500. The van der Waals surface area contributed by atoms with Crippen molar-refractivity contribution in [2.24, 2.45) is 0 Å². The molecule has 1 nitrogen and oxygen atoms in total. The van der Waals surface area contributed by atoms with E-state index in [-0.39, 0.29) is 0 Å². The summed E-state index contributed by atoms with van der Waals surface area (Å²) in [7, 11) is 0. The number of pyridine rings is 1. The lowest BCUT2D eigenvalue weighted by atomic mass is 10.2. The Kier molecular flexibility index (Phi) is 2.33. The Morgan fingerprint density at radius 3 is 2.70 bits per heavy atom. The van der Waals surface area contributed by atoms with Gasteiger partial charge in [-0.1, -0.05) is 0 Å². The van der Waals surface area contributed by atoms with Crippen LogP contribution >= 0.6 is 12.6 Å². The second-order valence-electron chi connectivity index (χ2n) is 2.41. The Morgan fingerprint density at radius 1 is 1.60 bits per heavy atom. The summed E-state index contributed by atoms with van der Waals surface area (Å²) in [6, 6.07) is 4.04. The zero-order chi connectivity index (χ0) is 7.56. The molecule has 1 unspecified atom stereocenters. The largest absolute Gasteiger partial charge is 0.262 e. The van der Waals surface area contributed by atoms with Crippen molar-refractivity contribution in [2.45, 2.75) is 19.1 Å². The highest BCUT2D eigenvalue weighted by Gasteiger charge is 1.97. The number of hydrogen-bond donors (Lipinski definition) is 1. The van der Waals surface area contributed by atoms with Crippen molar-refractivity contribution in [3.63, 3.8) is 0 Å². The van der Waals surface area contributed by atoms with Crippen LogP contribution in [0.5, 0.6) is 0 Å². The van der Waals surface area contributed by atoms with Crippen LogP contribution in [0, 0.1) is 6.92 Å². The lowest BCUT2D eigenvalue weighted by molar-refractivity contribution is 1.07. The average Bonchev–Trinajstić information content (AvgIpc) is 1.88. The molecular formula is C8H11NS. The summed E-state index contributed by atoms with van der Waals surface area (Å²) < 4.78 is 0. The van der Waals surface area contributed by atoms with Gasteiger partial charge in [0.2, 0.25) is 0 Å². The first kappa shape index (κ1) is 7.61. The van der Waals surface area contributed by atoms with Crippen molar-refractivity contribution in [1.29, 1.82) is 0 Å². The van der Waals surface area contributed by atoms with E-state index in [1.807, 2.05) is 19.2 Å². The van der Waals surface area contributed by atoms with Gasteiger partial charge in [0.05, 0.1) is 0 Å². The van der Waals surface area contributed by atoms with Crippen LogP contribution in [0.1, 0.15) is 23.4 Å². The lowest BCUT2D eigenvalue weighted by Crippen LogP contribution is -1.86. The Bertz CT molecular complexity index is 220. The fourth-order valence-corrected chi connectivity index (χ4v) is 0.988. The fourth-order valence-electron chi connectivity index (χ4n) is 0.827. The molecule has 0 amide bonds. The van der Waals surface area contributed by atoms with E-state index in [0.29, 0.717) is 5.25 Å². The van der Waals surface area contributed by atoms with Crippen molar-refractivity contribution >= 4 is 12.6 Å². The predicted molar refractivity (Wildman–Crippen MR) is 46.4 cm³/mol. The third-order valence-corrected chi connectivity index (χ3v) is 1.70. The molecule has 0 aliphatic heterocycles. The van der Waals surface area contributed by atoms with E-state index in [0.717, 1.165) is 5.69 Å². The highest BCUT2D eigenvalue weighted by Crippen LogP contribution is 2.17. The van der Waals surface area contributed by atoms with Gasteiger partial charge >= 0.3 is 0 Å². The monoisotopic (exact) mass is 153 g/mol. The van der Waals surface area contributed by atoms with E-state index in [1.54, 1.807) is 0 Å². The summed E-state index contributed by atoms with van der Waals surface area (Å²) >= 11 is 4.31. The standard InChI is InChI=1S/C8H11NS/c1-6-5-8(7(2)10)3-4-9-6/h3-5,7,10H,1-2H3. The van der Waals surface area contributed by atoms with Gasteiger partial charge in [-0.05, 0) is 31.5 Å². The van der Waals surface area contributed by atoms with Crippen LogP contribution in [0.3, 0.4) is 0 Å². The minimum absolute atomic E-state index is 0.307. The van der Waals surface area contributed by atoms with Gasteiger partial charge in [0.1, 0.15) is 0 Å². The van der Waals surface area contributed by atoms with Crippen molar-refractivity contribution in [3.8, 4) is 0 Å². The molecule has 1 heterocycles. The van der Waals surface area contributed by atoms with E-state index in [9.17, 15) is 0 Å². The molecule has 0 aromatic carbocycles. The molecule has 0 fully saturated rings. The van der Waals surface area contributed by atoms with E-state index in [4.69, 9.17) is 0 Å². The quantitative estimate of drug-likeness (QED) is 0.611. The summed E-state index contributed by atoms with van der Waals surface area (Å²) in [5, 5.41) is 0.307. The molecule has 10 heavy (non-hydrogen) atoms. The maximum atomic E-state index is 4.31. The SMILES string of the molecule is Cc1cc(C(C)S)ccn1. The lowest BCUT2D eigenvalue weighted by Gasteiger charge is -2.03. The van der Waals surface area contributed by atoms with Gasteiger partial charge in [0, 0.05) is 17.1 Å². The molecule has 0 saturated carbocycles. The van der Waals surface area contributed by atoms with Gasteiger partial charge < -0.3 is 0 Å². The summed E-state index contributed by atoms with van der Waals surface area (Å²) in [6.07, 6.45) is 1.82. The highest BCUT2D eigenvalue weighted by atomic mass is 32.1. The van der Waals surface area contributed by atoms with Gasteiger partial charge in [0.25, 0.3) is 0 Å². The summed E-state index contributed by atoms with van der Waals surface area (Å²) in [5.74, 6) is 0. The first-order chi connectivity index (χ1) is 4.70. The van der Waals surface area contributed by atoms with Crippen LogP contribution in [0.25, 0.3) is 0 Å². The minimum Gasteiger partial charge on any atom is -0.262 e. The normalized spacial score (nSPS) is 13.1. The van der Waals surface area contributed by atoms with Crippen LogP contribution < -0.4 is 0 Å². The summed E-state index contributed by atoms with van der Waals surface area (Å²) in [6.45, 7) is 4.04. The molecule has 0 aliphatic carbocycles. The maximum absolute atomic E-state index is 4.31. The van der Waals surface area contributed by atoms with Gasteiger partial charge in [-0.15, -0.1) is 0 Å². The number of aromatic nitrogens is 1. The maximum Gasteiger partial charge on any atom is 0.0375 e. The second kappa shape index (κ2) is 3.06. The zero-order valence-electron chi connectivity index (χ0n) is 6.20. The second-order valence-corrected chi connectivity index (χ2v) is 3.18. The molecule has 54 valence electrons. The Morgan fingerprint density at radius 2 is 2.30 bits per heavy atom. The Labute approximate surface area is 66.9 Å². The molecule has 1 rings (SSSR count). The molecule has 0 saturated heterocycles. The summed E-state index contributed by atoms with van der Waals surface area (Å²) in [4.78, 5) is 4.09. The smallest absolute Gasteiger partial charge is 0.0375 e. The van der Waals surface area contributed by atoms with Crippen molar-refractivity contribution in [1.82, 2.24) is 4.98 Å². The number of nitrogens with zero attached hydrogens (tertiary/aromatic N) is 1. The summed E-state index contributed by atoms with van der Waals surface area (Å²) in [5.41, 5.74) is 2.29. The minimum atomic E-state index is 0.307. The molecule has 0 bridgehead atoms. The molecular weight excluding hydrogens is 142 g/mol. The van der Waals surface area contributed by atoms with Crippen LogP contribution in [0.15, 0.2) is 18.3 Å². The van der Waals surface area contributed by atoms with E-state index in [1.165, 1.54) is 5.56 Å². The van der Waals surface area contributed by atoms with Crippen LogP contribution in [-0.2, 0) is 0 Å². The fraction of sp³-hybridized carbons (Fsp3) is 0.375. The number of hydrogen-bond acceptors (Lipinski definition) is 2. The first-order valence-electron chi connectivity index (χ1n) is 3.31. The highest BCUT2D eigenvalue weighted by molar-refractivity contribution is 7.80. The van der Waals surface area contributed by atoms with Crippen molar-refractivity contribution in [3.05, 3.63) is 29.6 Å². The third kappa shape index (κ3) is 1.74. The number of rotatable bonds is 1. The van der Waals surface area contributed by atoms with E-state index >= 15 is 0 Å². The Balaban J connectivity index is 2.96. The van der Waals surface area contributed by atoms with Crippen LogP contribution in [0.4, 0.5) is 0 Å². The zero-order valence-corrected chi connectivity index (χ0v) is 7.10. The molecule has 0 aliphatic rings. The van der Waals surface area contributed by atoms with Gasteiger partial charge in [-0.2, -0.15) is 12.6 Å². The van der Waals surface area contributed by atoms with Crippen LogP contribution in [-0.4, -0.2) is 4.98 Å². The molecule has 0 spiro atoms. The van der Waals surface area contributed by atoms with Crippen molar-refractivity contribution < 1.29 is 0 Å².